The average Bonchev–Trinajstić information content (AvgIpc) is 3.71. The summed E-state index contributed by atoms with van der Waals surface area (Å²) in [6, 6.07) is 44.3. The molecule has 6 nitrogen and oxygen atoms in total. The number of hydrogen-bond donors (Lipinski definition) is 0. The summed E-state index contributed by atoms with van der Waals surface area (Å²) in [6.45, 7) is 0. The normalized spacial score (nSPS) is 13.3. The third kappa shape index (κ3) is 4.57. The van der Waals surface area contributed by atoms with Crippen LogP contribution in [0.2, 0.25) is 0 Å². The molecule has 6 heteroatoms. The zero-order valence-electron chi connectivity index (χ0n) is 27.1. The second-order valence-corrected chi connectivity index (χ2v) is 12.7. The standard InChI is InChI=1S/C44H30N6/c1-3-20-40-33(14-1)35-28-45-25-23-42(35)49(40)31-12-5-10-29(26-31)36-16-7-18-38(47-36)39-19-8-17-37(48-39)30-11-6-13-32(27-30)50-41-21-4-2-15-34(41)44-43(50)22-9-24-46-44/h1-5,7-12,14-28H,6,13H2. The van der Waals surface area contributed by atoms with E-state index in [2.05, 4.69) is 135 Å². The number of allylic oxidation sites excluding steroid dienone is 4. The summed E-state index contributed by atoms with van der Waals surface area (Å²) >= 11 is 0. The average molecular weight is 643 g/mol. The van der Waals surface area contributed by atoms with Crippen LogP contribution in [-0.4, -0.2) is 29.1 Å². The fraction of sp³-hybridized carbons (Fsp3) is 0.0455. The Morgan fingerprint density at radius 3 is 2.10 bits per heavy atom. The van der Waals surface area contributed by atoms with E-state index >= 15 is 0 Å². The van der Waals surface area contributed by atoms with Crippen molar-refractivity contribution in [3.05, 3.63) is 164 Å². The van der Waals surface area contributed by atoms with Gasteiger partial charge in [0.05, 0.1) is 50.4 Å². The van der Waals surface area contributed by atoms with Crippen LogP contribution in [0.15, 0.2) is 158 Å². The molecule has 0 fully saturated rings. The predicted octanol–water partition coefficient (Wildman–Crippen LogP) is 10.5. The van der Waals surface area contributed by atoms with E-state index in [9.17, 15) is 0 Å². The first kappa shape index (κ1) is 28.4. The predicted molar refractivity (Wildman–Crippen MR) is 204 cm³/mol. The Kier molecular flexibility index (Phi) is 6.52. The van der Waals surface area contributed by atoms with Crippen LogP contribution in [-0.2, 0) is 0 Å². The molecule has 0 saturated carbocycles. The number of aromatic nitrogens is 6. The van der Waals surface area contributed by atoms with E-state index in [4.69, 9.17) is 15.0 Å². The molecule has 9 aromatic rings. The summed E-state index contributed by atoms with van der Waals surface area (Å²) in [7, 11) is 0. The summed E-state index contributed by atoms with van der Waals surface area (Å²) in [6.07, 6.45) is 12.1. The van der Waals surface area contributed by atoms with E-state index in [0.29, 0.717) is 0 Å². The van der Waals surface area contributed by atoms with Gasteiger partial charge in [-0.05, 0) is 91.2 Å². The quantitative estimate of drug-likeness (QED) is 0.187. The third-order valence-corrected chi connectivity index (χ3v) is 9.73. The van der Waals surface area contributed by atoms with Gasteiger partial charge >= 0.3 is 0 Å². The van der Waals surface area contributed by atoms with Crippen LogP contribution in [0.5, 0.6) is 0 Å². The van der Waals surface area contributed by atoms with Crippen molar-refractivity contribution in [3.8, 4) is 28.3 Å². The van der Waals surface area contributed by atoms with E-state index in [1.807, 2.05) is 36.8 Å². The van der Waals surface area contributed by atoms with Gasteiger partial charge in [-0.15, -0.1) is 0 Å². The van der Waals surface area contributed by atoms with Crippen LogP contribution >= 0.6 is 0 Å². The van der Waals surface area contributed by atoms with Crippen molar-refractivity contribution < 1.29 is 0 Å². The van der Waals surface area contributed by atoms with Gasteiger partial charge in [-0.1, -0.05) is 66.7 Å². The molecule has 236 valence electrons. The molecule has 0 atom stereocenters. The summed E-state index contributed by atoms with van der Waals surface area (Å²) in [5.74, 6) is 0. The number of nitrogens with zero attached hydrogens (tertiary/aromatic N) is 6. The molecule has 0 bridgehead atoms. The van der Waals surface area contributed by atoms with E-state index in [1.54, 1.807) is 0 Å². The van der Waals surface area contributed by atoms with Crippen LogP contribution in [0, 0.1) is 0 Å². The summed E-state index contributed by atoms with van der Waals surface area (Å²) in [4.78, 5) is 19.4. The molecule has 50 heavy (non-hydrogen) atoms. The van der Waals surface area contributed by atoms with E-state index in [0.717, 1.165) is 79.9 Å². The van der Waals surface area contributed by atoms with Crippen LogP contribution in [0.4, 0.5) is 0 Å². The lowest BCUT2D eigenvalue weighted by molar-refractivity contribution is 0.980. The highest BCUT2D eigenvalue weighted by atomic mass is 15.0. The SMILES string of the molecule is C1=C(c2cccc(-c3cccc(-c4cccc(-n5c6ccccc6c6cnccc65)c4)n3)n2)C=C(n2c3ccccc3c3ncccc32)CC1. The fourth-order valence-electron chi connectivity index (χ4n) is 7.51. The number of fused-ring (bicyclic) bond motifs is 6. The van der Waals surface area contributed by atoms with Gasteiger partial charge in [0, 0.05) is 51.7 Å². The minimum Gasteiger partial charge on any atom is -0.311 e. The van der Waals surface area contributed by atoms with Gasteiger partial charge in [-0.3, -0.25) is 9.97 Å². The molecule has 0 spiro atoms. The van der Waals surface area contributed by atoms with Crippen molar-refractivity contribution in [2.24, 2.45) is 0 Å². The van der Waals surface area contributed by atoms with E-state index < -0.39 is 0 Å². The Balaban J connectivity index is 1.01. The molecular weight excluding hydrogens is 613 g/mol. The highest BCUT2D eigenvalue weighted by Crippen LogP contribution is 2.36. The maximum atomic E-state index is 5.16. The first-order valence-electron chi connectivity index (χ1n) is 16.9. The zero-order valence-corrected chi connectivity index (χ0v) is 27.1. The molecule has 0 unspecified atom stereocenters. The summed E-state index contributed by atoms with van der Waals surface area (Å²) in [5.41, 5.74) is 13.6. The third-order valence-electron chi connectivity index (χ3n) is 9.73. The summed E-state index contributed by atoms with van der Waals surface area (Å²) < 4.78 is 4.67. The molecule has 1 aliphatic carbocycles. The van der Waals surface area contributed by atoms with Crippen LogP contribution in [0.3, 0.4) is 0 Å². The molecule has 0 saturated heterocycles. The zero-order chi connectivity index (χ0) is 33.0. The van der Waals surface area contributed by atoms with Gasteiger partial charge in [-0.2, -0.15) is 0 Å². The summed E-state index contributed by atoms with van der Waals surface area (Å²) in [5, 5.41) is 3.50. The minimum absolute atomic E-state index is 0.840. The molecule has 0 amide bonds. The molecule has 0 N–H and O–H groups in total. The second-order valence-electron chi connectivity index (χ2n) is 12.7. The minimum atomic E-state index is 0.840. The number of rotatable bonds is 5. The maximum absolute atomic E-state index is 5.16. The number of pyridine rings is 4. The number of para-hydroxylation sites is 2. The van der Waals surface area contributed by atoms with Gasteiger partial charge < -0.3 is 9.13 Å². The van der Waals surface area contributed by atoms with Crippen molar-refractivity contribution in [1.82, 2.24) is 29.1 Å². The van der Waals surface area contributed by atoms with Crippen molar-refractivity contribution in [2.45, 2.75) is 12.8 Å². The molecule has 10 rings (SSSR count). The highest BCUT2D eigenvalue weighted by molar-refractivity contribution is 6.09. The van der Waals surface area contributed by atoms with Crippen LogP contribution < -0.4 is 0 Å². The van der Waals surface area contributed by atoms with Gasteiger partial charge in [0.2, 0.25) is 0 Å². The van der Waals surface area contributed by atoms with Crippen molar-refractivity contribution in [3.63, 3.8) is 0 Å². The molecule has 6 aromatic heterocycles. The second kappa shape index (κ2) is 11.5. The molecule has 0 aliphatic heterocycles. The Hall–Kier alpha value is -6.66. The molecule has 6 heterocycles. The van der Waals surface area contributed by atoms with Crippen molar-refractivity contribution in [2.75, 3.05) is 0 Å². The largest absolute Gasteiger partial charge is 0.311 e. The topological polar surface area (TPSA) is 61.4 Å². The van der Waals surface area contributed by atoms with Crippen molar-refractivity contribution in [1.29, 1.82) is 0 Å². The van der Waals surface area contributed by atoms with Crippen LogP contribution in [0.25, 0.3) is 83.3 Å². The lowest BCUT2D eigenvalue weighted by Crippen LogP contribution is -2.02. The van der Waals surface area contributed by atoms with E-state index in [-0.39, 0.29) is 0 Å². The van der Waals surface area contributed by atoms with E-state index in [1.165, 1.54) is 22.0 Å². The molecular formula is C44H30N6. The molecule has 1 aliphatic rings. The lowest BCUT2D eigenvalue weighted by atomic mass is 10.0. The van der Waals surface area contributed by atoms with Crippen molar-refractivity contribution >= 4 is 55.0 Å². The first-order valence-corrected chi connectivity index (χ1v) is 16.9. The Bertz CT molecular complexity index is 2730. The van der Waals surface area contributed by atoms with Gasteiger partial charge in [0.1, 0.15) is 0 Å². The Morgan fingerprint density at radius 2 is 1.22 bits per heavy atom. The van der Waals surface area contributed by atoms with Gasteiger partial charge in [0.15, 0.2) is 0 Å². The fourth-order valence-corrected chi connectivity index (χ4v) is 7.51. The Labute approximate surface area is 288 Å². The smallest absolute Gasteiger partial charge is 0.0963 e. The van der Waals surface area contributed by atoms with Gasteiger partial charge in [0.25, 0.3) is 0 Å². The Morgan fingerprint density at radius 1 is 0.520 bits per heavy atom. The first-order chi connectivity index (χ1) is 24.8. The van der Waals surface area contributed by atoms with Gasteiger partial charge in [-0.25, -0.2) is 9.97 Å². The highest BCUT2D eigenvalue weighted by Gasteiger charge is 2.18. The molecule has 0 radical (unpaired) electrons. The maximum Gasteiger partial charge on any atom is 0.0963 e. The molecule has 3 aromatic carbocycles. The van der Waals surface area contributed by atoms with Crippen LogP contribution in [0.1, 0.15) is 18.5 Å². The lowest BCUT2D eigenvalue weighted by Gasteiger charge is -2.17. The monoisotopic (exact) mass is 642 g/mol. The number of benzene rings is 3. The number of hydrogen-bond acceptors (Lipinski definition) is 4.